The third-order valence-corrected chi connectivity index (χ3v) is 5.47. The molecule has 0 radical (unpaired) electrons. The van der Waals surface area contributed by atoms with Gasteiger partial charge >= 0.3 is 0 Å². The summed E-state index contributed by atoms with van der Waals surface area (Å²) in [4.78, 5) is -0.000166. The van der Waals surface area contributed by atoms with Gasteiger partial charge in [0.15, 0.2) is 0 Å². The highest BCUT2D eigenvalue weighted by Crippen LogP contribution is 2.20. The summed E-state index contributed by atoms with van der Waals surface area (Å²) in [5, 5.41) is 3.91. The second-order valence-corrected chi connectivity index (χ2v) is 7.67. The van der Waals surface area contributed by atoms with E-state index < -0.39 is 15.8 Å². The number of anilines is 2. The van der Waals surface area contributed by atoms with Crippen LogP contribution in [0.3, 0.4) is 0 Å². The maximum atomic E-state index is 12.9. The van der Waals surface area contributed by atoms with Crippen molar-refractivity contribution in [3.63, 3.8) is 0 Å². The first-order chi connectivity index (χ1) is 12.4. The Morgan fingerprint density at radius 2 is 1.46 bits per heavy atom. The molecule has 0 bridgehead atoms. The number of nitrogens with one attached hydrogen (secondary N) is 2. The average Bonchev–Trinajstić information content (AvgIpc) is 2.62. The van der Waals surface area contributed by atoms with Gasteiger partial charge in [0, 0.05) is 22.9 Å². The molecule has 0 saturated carbocycles. The van der Waals surface area contributed by atoms with E-state index in [-0.39, 0.29) is 4.90 Å². The highest BCUT2D eigenvalue weighted by atomic mass is 35.5. The Morgan fingerprint density at radius 1 is 0.846 bits per heavy atom. The number of halogens is 2. The molecule has 2 N–H and O–H groups in total. The predicted molar refractivity (Wildman–Crippen MR) is 102 cm³/mol. The van der Waals surface area contributed by atoms with Crippen molar-refractivity contribution in [1.82, 2.24) is 0 Å². The summed E-state index contributed by atoms with van der Waals surface area (Å²) in [6.07, 6.45) is 0. The van der Waals surface area contributed by atoms with E-state index in [1.54, 1.807) is 24.3 Å². The minimum absolute atomic E-state index is 0.000166. The second kappa shape index (κ2) is 7.76. The first-order valence-electron chi connectivity index (χ1n) is 7.80. The predicted octanol–water partition coefficient (Wildman–Crippen LogP) is 4.89. The summed E-state index contributed by atoms with van der Waals surface area (Å²) >= 11 is 6.12. The quantitative estimate of drug-likeness (QED) is 0.629. The molecule has 0 unspecified atom stereocenters. The van der Waals surface area contributed by atoms with Crippen LogP contribution in [0.1, 0.15) is 5.56 Å². The van der Waals surface area contributed by atoms with Gasteiger partial charge < -0.3 is 5.32 Å². The van der Waals surface area contributed by atoms with E-state index in [2.05, 4.69) is 10.0 Å². The van der Waals surface area contributed by atoms with Gasteiger partial charge in [-0.2, -0.15) is 0 Å². The van der Waals surface area contributed by atoms with Crippen LogP contribution >= 0.6 is 11.6 Å². The van der Waals surface area contributed by atoms with Gasteiger partial charge in [0.1, 0.15) is 5.82 Å². The van der Waals surface area contributed by atoms with Gasteiger partial charge in [-0.1, -0.05) is 29.8 Å². The summed E-state index contributed by atoms with van der Waals surface area (Å²) in [5.74, 6) is -0.488. The summed E-state index contributed by atoms with van der Waals surface area (Å²) in [7, 11) is -3.76. The molecular formula is C19H16ClFN2O2S. The van der Waals surface area contributed by atoms with Crippen molar-refractivity contribution in [1.29, 1.82) is 0 Å². The van der Waals surface area contributed by atoms with Crippen molar-refractivity contribution < 1.29 is 12.8 Å². The minimum Gasteiger partial charge on any atom is -0.381 e. The third kappa shape index (κ3) is 4.53. The Labute approximate surface area is 156 Å². The second-order valence-electron chi connectivity index (χ2n) is 5.58. The zero-order valence-corrected chi connectivity index (χ0v) is 15.2. The van der Waals surface area contributed by atoms with Crippen molar-refractivity contribution >= 4 is 33.0 Å². The molecule has 0 aliphatic rings. The Balaban J connectivity index is 1.66. The summed E-state index contributed by atoms with van der Waals surface area (Å²) in [6.45, 7) is 0.556. The number of hydrogen-bond donors (Lipinski definition) is 2. The number of hydrogen-bond acceptors (Lipinski definition) is 3. The van der Waals surface area contributed by atoms with Crippen LogP contribution in [0.15, 0.2) is 77.7 Å². The van der Waals surface area contributed by atoms with Crippen molar-refractivity contribution in [2.45, 2.75) is 11.4 Å². The topological polar surface area (TPSA) is 58.2 Å². The fourth-order valence-corrected chi connectivity index (χ4v) is 3.58. The number of rotatable bonds is 6. The Hall–Kier alpha value is -2.57. The number of sulfonamides is 1. The molecular weight excluding hydrogens is 375 g/mol. The number of benzene rings is 3. The SMILES string of the molecule is O=S(=O)(Nc1ccc(NCc2ccccc2Cl)cc1)c1ccc(F)cc1. The minimum atomic E-state index is -3.76. The van der Waals surface area contributed by atoms with E-state index in [1.165, 1.54) is 12.1 Å². The molecule has 0 atom stereocenters. The molecule has 4 nitrogen and oxygen atoms in total. The molecule has 26 heavy (non-hydrogen) atoms. The van der Waals surface area contributed by atoms with E-state index in [4.69, 9.17) is 11.6 Å². The molecule has 0 fully saturated rings. The highest BCUT2D eigenvalue weighted by molar-refractivity contribution is 7.92. The van der Waals surface area contributed by atoms with Crippen molar-refractivity contribution in [2.24, 2.45) is 0 Å². The first kappa shape index (κ1) is 18.2. The summed E-state index contributed by atoms with van der Waals surface area (Å²) in [6, 6.07) is 19.0. The molecule has 0 amide bonds. The largest absolute Gasteiger partial charge is 0.381 e. The first-order valence-corrected chi connectivity index (χ1v) is 9.66. The molecule has 0 heterocycles. The standard InChI is InChI=1S/C19H16ClFN2O2S/c20-19-4-2-1-3-14(19)13-22-16-7-9-17(10-8-16)23-26(24,25)18-11-5-15(21)6-12-18/h1-12,22-23H,13H2. The Bertz CT molecular complexity index is 991. The normalized spacial score (nSPS) is 11.2. The smallest absolute Gasteiger partial charge is 0.261 e. The fraction of sp³-hybridized carbons (Fsp3) is 0.0526. The Kier molecular flexibility index (Phi) is 5.44. The van der Waals surface area contributed by atoms with Gasteiger partial charge in [0.05, 0.1) is 4.90 Å². The lowest BCUT2D eigenvalue weighted by atomic mass is 10.2. The van der Waals surface area contributed by atoms with Gasteiger partial charge in [-0.3, -0.25) is 4.72 Å². The maximum absolute atomic E-state index is 12.9. The zero-order valence-electron chi connectivity index (χ0n) is 13.6. The van der Waals surface area contributed by atoms with Gasteiger partial charge in [0.2, 0.25) is 0 Å². The molecule has 0 spiro atoms. The lowest BCUT2D eigenvalue weighted by Gasteiger charge is -2.11. The monoisotopic (exact) mass is 390 g/mol. The van der Waals surface area contributed by atoms with E-state index in [1.807, 2.05) is 24.3 Å². The van der Waals surface area contributed by atoms with Crippen LogP contribution in [0.4, 0.5) is 15.8 Å². The third-order valence-electron chi connectivity index (χ3n) is 3.70. The molecule has 134 valence electrons. The van der Waals surface area contributed by atoms with Crippen LogP contribution in [0.5, 0.6) is 0 Å². The van der Waals surface area contributed by atoms with E-state index in [0.717, 1.165) is 23.4 Å². The zero-order chi connectivity index (χ0) is 18.6. The molecule has 0 aliphatic heterocycles. The molecule has 0 saturated heterocycles. The van der Waals surface area contributed by atoms with E-state index >= 15 is 0 Å². The van der Waals surface area contributed by atoms with Crippen molar-refractivity contribution in [3.8, 4) is 0 Å². The van der Waals surface area contributed by atoms with E-state index in [0.29, 0.717) is 17.3 Å². The molecule has 3 aromatic carbocycles. The van der Waals surface area contributed by atoms with Gasteiger partial charge in [-0.05, 0) is 60.2 Å². The van der Waals surface area contributed by atoms with Crippen LogP contribution in [0, 0.1) is 5.82 Å². The average molecular weight is 391 g/mol. The molecule has 3 rings (SSSR count). The van der Waals surface area contributed by atoms with Crippen LogP contribution in [0.2, 0.25) is 5.02 Å². The van der Waals surface area contributed by atoms with Gasteiger partial charge in [-0.15, -0.1) is 0 Å². The van der Waals surface area contributed by atoms with E-state index in [9.17, 15) is 12.8 Å². The summed E-state index contributed by atoms with van der Waals surface area (Å²) < 4.78 is 40.0. The van der Waals surface area contributed by atoms with Crippen molar-refractivity contribution in [3.05, 3.63) is 89.2 Å². The lowest BCUT2D eigenvalue weighted by Crippen LogP contribution is -2.12. The summed E-state index contributed by atoms with van der Waals surface area (Å²) in [5.41, 5.74) is 2.21. The van der Waals surface area contributed by atoms with Crippen LogP contribution in [0.25, 0.3) is 0 Å². The molecule has 0 aliphatic carbocycles. The highest BCUT2D eigenvalue weighted by Gasteiger charge is 2.14. The molecule has 0 aromatic heterocycles. The van der Waals surface area contributed by atoms with Gasteiger partial charge in [0.25, 0.3) is 10.0 Å². The van der Waals surface area contributed by atoms with Crippen LogP contribution < -0.4 is 10.0 Å². The fourth-order valence-electron chi connectivity index (χ4n) is 2.32. The van der Waals surface area contributed by atoms with Crippen molar-refractivity contribution in [2.75, 3.05) is 10.0 Å². The maximum Gasteiger partial charge on any atom is 0.261 e. The lowest BCUT2D eigenvalue weighted by molar-refractivity contribution is 0.599. The molecule has 7 heteroatoms. The Morgan fingerprint density at radius 3 is 2.12 bits per heavy atom. The van der Waals surface area contributed by atoms with Gasteiger partial charge in [-0.25, -0.2) is 12.8 Å². The molecule has 3 aromatic rings. The van der Waals surface area contributed by atoms with Crippen LogP contribution in [-0.2, 0) is 16.6 Å². The van der Waals surface area contributed by atoms with Crippen LogP contribution in [-0.4, -0.2) is 8.42 Å².